The van der Waals surface area contributed by atoms with E-state index in [2.05, 4.69) is 48.1 Å². The largest absolute Gasteiger partial charge is 0.369 e. The molecule has 1 atom stereocenters. The molecule has 50 heavy (non-hydrogen) atoms. The summed E-state index contributed by atoms with van der Waals surface area (Å²) in [5.74, 6) is -0.124. The molecule has 256 valence electrons. The summed E-state index contributed by atoms with van der Waals surface area (Å²) in [6.07, 6.45) is 3.35. The highest BCUT2D eigenvalue weighted by atomic mass is 79.9. The van der Waals surface area contributed by atoms with Crippen molar-refractivity contribution in [2.24, 2.45) is 0 Å². The lowest BCUT2D eigenvalue weighted by molar-refractivity contribution is 0.0610. The molecule has 5 aromatic rings. The summed E-state index contributed by atoms with van der Waals surface area (Å²) in [7, 11) is 2.12. The number of nitrogens with zero attached hydrogens (tertiary/aromatic N) is 7. The third-order valence-corrected chi connectivity index (χ3v) is 10.7. The van der Waals surface area contributed by atoms with Gasteiger partial charge in [-0.1, -0.05) is 35.9 Å². The van der Waals surface area contributed by atoms with Gasteiger partial charge in [-0.2, -0.15) is 0 Å². The maximum Gasteiger partial charge on any atom is 0.333 e. The molecule has 0 bridgehead atoms. The number of anilines is 1. The van der Waals surface area contributed by atoms with Crippen LogP contribution < -0.4 is 15.9 Å². The number of imidazole rings is 1. The molecule has 11 nitrogen and oxygen atoms in total. The number of carbonyl (C=O) groups is 2. The number of amides is 2. The zero-order chi connectivity index (χ0) is 34.9. The Bertz CT molecular complexity index is 2110. The highest BCUT2D eigenvalue weighted by Crippen LogP contribution is 2.29. The van der Waals surface area contributed by atoms with Crippen LogP contribution in [0.15, 0.2) is 94.5 Å². The van der Waals surface area contributed by atoms with Crippen LogP contribution in [-0.2, 0) is 19.6 Å². The van der Waals surface area contributed by atoms with Crippen molar-refractivity contribution in [2.75, 3.05) is 38.1 Å². The van der Waals surface area contributed by atoms with Crippen molar-refractivity contribution in [1.29, 1.82) is 0 Å². The second kappa shape index (κ2) is 14.2. The van der Waals surface area contributed by atoms with Gasteiger partial charge in [0, 0.05) is 79.0 Å². The lowest BCUT2D eigenvalue weighted by Gasteiger charge is -2.34. The highest BCUT2D eigenvalue weighted by Gasteiger charge is 2.35. The average molecular weight is 756 g/mol. The van der Waals surface area contributed by atoms with E-state index in [4.69, 9.17) is 11.6 Å². The molecule has 2 aromatic heterocycles. The summed E-state index contributed by atoms with van der Waals surface area (Å²) in [6.45, 7) is 6.12. The van der Waals surface area contributed by atoms with Crippen molar-refractivity contribution >= 4 is 45.0 Å². The molecule has 1 fully saturated rings. The van der Waals surface area contributed by atoms with E-state index in [-0.39, 0.29) is 43.0 Å². The van der Waals surface area contributed by atoms with E-state index in [0.29, 0.717) is 32.3 Å². The monoisotopic (exact) mass is 754 g/mol. The fraction of sp³-hybridized carbons (Fsp3) is 0.270. The molecule has 1 unspecified atom stereocenters. The molecule has 0 spiro atoms. The van der Waals surface area contributed by atoms with Gasteiger partial charge in [0.2, 0.25) is 0 Å². The minimum absolute atomic E-state index is 0.0620. The van der Waals surface area contributed by atoms with Crippen molar-refractivity contribution in [1.82, 2.24) is 34.2 Å². The molecule has 7 rings (SSSR count). The summed E-state index contributed by atoms with van der Waals surface area (Å²) in [6, 6.07) is 21.9. The van der Waals surface area contributed by atoms with Crippen LogP contribution in [0.1, 0.15) is 39.0 Å². The number of hydrogen-bond donors (Lipinski definition) is 1. The number of halogens is 2. The van der Waals surface area contributed by atoms with Gasteiger partial charge in [0.15, 0.2) is 5.82 Å². The van der Waals surface area contributed by atoms with Crippen LogP contribution in [0.3, 0.4) is 0 Å². The Labute approximate surface area is 303 Å². The summed E-state index contributed by atoms with van der Waals surface area (Å²) < 4.78 is 3.78. The molecule has 3 aromatic carbocycles. The minimum Gasteiger partial charge on any atom is -0.369 e. The number of hydrogen-bond acceptors (Lipinski definition) is 7. The van der Waals surface area contributed by atoms with Crippen LogP contribution in [0, 0.1) is 0 Å². The number of aromatic nitrogens is 4. The lowest BCUT2D eigenvalue weighted by atomic mass is 10.1. The topological polar surface area (TPSA) is 109 Å². The van der Waals surface area contributed by atoms with Crippen molar-refractivity contribution in [3.8, 4) is 17.1 Å². The molecule has 2 aliphatic heterocycles. The number of piperazine rings is 1. The SMILES string of the molecule is CC1Cn2c(c(C(=O)NCc3ccccc3-c3ncccn3)n(-c3ccc(N4CCN(C)CC4)cc3)c2=O)CN1C(=O)c1ccc(Br)c(Cl)c1. The van der Waals surface area contributed by atoms with Crippen molar-refractivity contribution in [3.05, 3.63) is 128 Å². The van der Waals surface area contributed by atoms with E-state index in [1.54, 1.807) is 46.1 Å². The van der Waals surface area contributed by atoms with E-state index in [1.807, 2.05) is 55.5 Å². The second-order valence-corrected chi connectivity index (χ2v) is 13.9. The lowest BCUT2D eigenvalue weighted by Crippen LogP contribution is -2.47. The van der Waals surface area contributed by atoms with Crippen LogP contribution in [0.2, 0.25) is 5.02 Å². The third kappa shape index (κ3) is 6.58. The molecule has 2 aliphatic rings. The Hall–Kier alpha value is -4.78. The normalized spacial score (nSPS) is 16.3. The van der Waals surface area contributed by atoms with Crippen LogP contribution in [0.25, 0.3) is 17.1 Å². The highest BCUT2D eigenvalue weighted by molar-refractivity contribution is 9.10. The first-order valence-corrected chi connectivity index (χ1v) is 17.6. The fourth-order valence-corrected chi connectivity index (χ4v) is 7.05. The fourth-order valence-electron chi connectivity index (χ4n) is 6.62. The third-order valence-electron chi connectivity index (χ3n) is 9.43. The Morgan fingerprint density at radius 3 is 2.36 bits per heavy atom. The molecule has 0 radical (unpaired) electrons. The number of fused-ring (bicyclic) bond motifs is 1. The Balaban J connectivity index is 1.26. The van der Waals surface area contributed by atoms with Gasteiger partial charge in [-0.3, -0.25) is 18.7 Å². The van der Waals surface area contributed by atoms with Crippen LogP contribution in [0.5, 0.6) is 0 Å². The smallest absolute Gasteiger partial charge is 0.333 e. The van der Waals surface area contributed by atoms with Gasteiger partial charge in [0.1, 0.15) is 5.69 Å². The minimum atomic E-state index is -0.434. The first-order chi connectivity index (χ1) is 24.2. The molecule has 1 saturated heterocycles. The molecule has 1 N–H and O–H groups in total. The summed E-state index contributed by atoms with van der Waals surface area (Å²) >= 11 is 9.73. The van der Waals surface area contributed by atoms with Crippen LogP contribution >= 0.6 is 27.5 Å². The standard InChI is InChI=1S/C37H36BrClN8O3/c1-24-22-46-32(23-45(24)36(49)25-8-13-30(38)31(39)20-25)33(35(48)42-21-26-6-3-4-7-29(26)34-40-14-5-15-41-34)47(37(46)50)28-11-9-27(10-12-28)44-18-16-43(2)17-19-44/h3-15,20,24H,16-19,21-23H2,1-2H3,(H,42,48). The van der Waals surface area contributed by atoms with E-state index in [0.717, 1.165) is 43.0 Å². The second-order valence-electron chi connectivity index (χ2n) is 12.7. The average Bonchev–Trinajstić information content (AvgIpc) is 3.42. The van der Waals surface area contributed by atoms with Crippen molar-refractivity contribution in [3.63, 3.8) is 0 Å². The number of likely N-dealkylation sites (N-methyl/N-ethyl adjacent to an activating group) is 1. The van der Waals surface area contributed by atoms with E-state index >= 15 is 0 Å². The van der Waals surface area contributed by atoms with Crippen molar-refractivity contribution < 1.29 is 9.59 Å². The predicted molar refractivity (Wildman–Crippen MR) is 197 cm³/mol. The van der Waals surface area contributed by atoms with Gasteiger partial charge in [0.05, 0.1) is 22.9 Å². The van der Waals surface area contributed by atoms with Crippen LogP contribution in [0.4, 0.5) is 5.69 Å². The number of nitrogens with one attached hydrogen (secondary N) is 1. The molecule has 0 saturated carbocycles. The van der Waals surface area contributed by atoms with Gasteiger partial charge in [-0.15, -0.1) is 0 Å². The number of carbonyl (C=O) groups excluding carboxylic acids is 2. The van der Waals surface area contributed by atoms with Gasteiger partial charge in [0.25, 0.3) is 11.8 Å². The van der Waals surface area contributed by atoms with E-state index in [9.17, 15) is 14.4 Å². The van der Waals surface area contributed by atoms with Crippen molar-refractivity contribution in [2.45, 2.75) is 32.6 Å². The predicted octanol–water partition coefficient (Wildman–Crippen LogP) is 5.24. The first kappa shape index (κ1) is 33.7. The van der Waals surface area contributed by atoms with Gasteiger partial charge in [-0.25, -0.2) is 14.8 Å². The summed E-state index contributed by atoms with van der Waals surface area (Å²) in [5.41, 5.74) is 3.99. The maximum atomic E-state index is 14.3. The Morgan fingerprint density at radius 2 is 1.64 bits per heavy atom. The summed E-state index contributed by atoms with van der Waals surface area (Å²) in [4.78, 5) is 57.5. The molecular weight excluding hydrogens is 720 g/mol. The summed E-state index contributed by atoms with van der Waals surface area (Å²) in [5, 5.41) is 3.48. The first-order valence-electron chi connectivity index (χ1n) is 16.5. The Morgan fingerprint density at radius 1 is 0.940 bits per heavy atom. The zero-order valence-corrected chi connectivity index (χ0v) is 30.1. The zero-order valence-electron chi connectivity index (χ0n) is 27.7. The maximum absolute atomic E-state index is 14.3. The number of benzene rings is 3. The molecule has 13 heteroatoms. The molecule has 0 aliphatic carbocycles. The number of rotatable bonds is 7. The molecular formula is C37H36BrClN8O3. The molecule has 2 amide bonds. The van der Waals surface area contributed by atoms with Crippen LogP contribution in [-0.4, -0.2) is 80.0 Å². The quantitative estimate of drug-likeness (QED) is 0.242. The van der Waals surface area contributed by atoms with E-state index < -0.39 is 5.91 Å². The van der Waals surface area contributed by atoms with Gasteiger partial charge < -0.3 is 20.0 Å². The van der Waals surface area contributed by atoms with Gasteiger partial charge in [-0.05, 0) is 84.0 Å². The molecule has 4 heterocycles. The Kier molecular flexibility index (Phi) is 9.58. The van der Waals surface area contributed by atoms with E-state index in [1.165, 1.54) is 4.57 Å². The van der Waals surface area contributed by atoms with Gasteiger partial charge >= 0.3 is 5.69 Å².